The van der Waals surface area contributed by atoms with Crippen molar-refractivity contribution in [1.29, 1.82) is 5.26 Å². The first-order chi connectivity index (χ1) is 12.4. The minimum Gasteiger partial charge on any atom is -0.468 e. The Morgan fingerprint density at radius 2 is 2.08 bits per heavy atom. The highest BCUT2D eigenvalue weighted by atomic mass is 32.2. The van der Waals surface area contributed by atoms with E-state index >= 15 is 0 Å². The SMILES string of the molecule is N#Cc1ccc(NC(=O)CN(Cc2ccco2)[C@H]2CCS(=O)(=O)C2)cc1. The molecule has 1 aromatic carbocycles. The number of nitrogens with one attached hydrogen (secondary N) is 1. The van der Waals surface area contributed by atoms with Crippen LogP contribution in [0.15, 0.2) is 47.1 Å². The van der Waals surface area contributed by atoms with Crippen LogP contribution < -0.4 is 5.32 Å². The van der Waals surface area contributed by atoms with Crippen molar-refractivity contribution in [2.24, 2.45) is 0 Å². The molecule has 1 aliphatic rings. The van der Waals surface area contributed by atoms with Crippen LogP contribution in [-0.2, 0) is 21.2 Å². The third-order valence-electron chi connectivity index (χ3n) is 4.31. The van der Waals surface area contributed by atoms with E-state index in [0.29, 0.717) is 30.0 Å². The second kappa shape index (κ2) is 7.72. The first kappa shape index (κ1) is 18.2. The van der Waals surface area contributed by atoms with Crippen molar-refractivity contribution in [3.05, 3.63) is 54.0 Å². The summed E-state index contributed by atoms with van der Waals surface area (Å²) in [5.74, 6) is 0.632. The fourth-order valence-corrected chi connectivity index (χ4v) is 4.75. The summed E-state index contributed by atoms with van der Waals surface area (Å²) in [6.07, 6.45) is 2.06. The van der Waals surface area contributed by atoms with Gasteiger partial charge in [0.2, 0.25) is 5.91 Å². The van der Waals surface area contributed by atoms with Crippen LogP contribution in [-0.4, -0.2) is 43.3 Å². The maximum Gasteiger partial charge on any atom is 0.238 e. The molecule has 26 heavy (non-hydrogen) atoms. The molecule has 136 valence electrons. The molecule has 1 amide bonds. The topological polar surface area (TPSA) is 103 Å². The molecular weight excluding hydrogens is 354 g/mol. The van der Waals surface area contributed by atoms with E-state index in [-0.39, 0.29) is 30.0 Å². The zero-order chi connectivity index (χ0) is 18.6. The van der Waals surface area contributed by atoms with Crippen molar-refractivity contribution in [2.45, 2.75) is 19.0 Å². The number of rotatable bonds is 6. The third kappa shape index (κ3) is 4.71. The summed E-state index contributed by atoms with van der Waals surface area (Å²) in [4.78, 5) is 14.3. The molecule has 0 spiro atoms. The number of sulfone groups is 1. The largest absolute Gasteiger partial charge is 0.468 e. The number of carbonyl (C=O) groups is 1. The summed E-state index contributed by atoms with van der Waals surface area (Å²) in [7, 11) is -3.06. The average molecular weight is 373 g/mol. The zero-order valence-electron chi connectivity index (χ0n) is 14.1. The molecule has 0 unspecified atom stereocenters. The molecule has 2 aromatic rings. The molecule has 1 atom stereocenters. The van der Waals surface area contributed by atoms with E-state index in [1.54, 1.807) is 42.7 Å². The van der Waals surface area contributed by atoms with Gasteiger partial charge in [-0.3, -0.25) is 9.69 Å². The van der Waals surface area contributed by atoms with Crippen molar-refractivity contribution in [3.8, 4) is 6.07 Å². The summed E-state index contributed by atoms with van der Waals surface area (Å²) in [6.45, 7) is 0.425. The van der Waals surface area contributed by atoms with E-state index in [1.165, 1.54) is 0 Å². The molecule has 1 N–H and O–H groups in total. The summed E-state index contributed by atoms with van der Waals surface area (Å²) in [5.41, 5.74) is 1.10. The molecule has 3 rings (SSSR count). The van der Waals surface area contributed by atoms with Crippen LogP contribution in [0.25, 0.3) is 0 Å². The molecule has 0 bridgehead atoms. The Morgan fingerprint density at radius 3 is 2.65 bits per heavy atom. The molecule has 1 aliphatic heterocycles. The van der Waals surface area contributed by atoms with Crippen LogP contribution in [0.5, 0.6) is 0 Å². The van der Waals surface area contributed by atoms with E-state index in [4.69, 9.17) is 9.68 Å². The van der Waals surface area contributed by atoms with Gasteiger partial charge in [0.25, 0.3) is 0 Å². The summed E-state index contributed by atoms with van der Waals surface area (Å²) < 4.78 is 29.0. The lowest BCUT2D eigenvalue weighted by Gasteiger charge is -2.26. The number of hydrogen-bond donors (Lipinski definition) is 1. The number of carbonyl (C=O) groups excluding carboxylic acids is 1. The Bertz CT molecular complexity index is 899. The molecule has 0 radical (unpaired) electrons. The lowest BCUT2D eigenvalue weighted by Crippen LogP contribution is -2.41. The molecule has 0 saturated carbocycles. The Kier molecular flexibility index (Phi) is 5.40. The van der Waals surface area contributed by atoms with Crippen LogP contribution in [0.4, 0.5) is 5.69 Å². The second-order valence-corrected chi connectivity index (χ2v) is 8.51. The molecule has 0 aliphatic carbocycles. The number of nitrogens with zero attached hydrogens (tertiary/aromatic N) is 2. The van der Waals surface area contributed by atoms with Crippen LogP contribution in [0.2, 0.25) is 0 Å². The normalized spacial score (nSPS) is 18.5. The highest BCUT2D eigenvalue weighted by Gasteiger charge is 2.33. The molecule has 8 heteroatoms. The van der Waals surface area contributed by atoms with Gasteiger partial charge in [0.15, 0.2) is 9.84 Å². The lowest BCUT2D eigenvalue weighted by molar-refractivity contribution is -0.118. The first-order valence-electron chi connectivity index (χ1n) is 8.22. The van der Waals surface area contributed by atoms with Crippen molar-refractivity contribution >= 4 is 21.4 Å². The van der Waals surface area contributed by atoms with Gasteiger partial charge in [0.05, 0.1) is 42.5 Å². The van der Waals surface area contributed by atoms with Gasteiger partial charge in [0.1, 0.15) is 5.76 Å². The van der Waals surface area contributed by atoms with Gasteiger partial charge in [-0.05, 0) is 42.8 Å². The van der Waals surface area contributed by atoms with Crippen LogP contribution in [0.1, 0.15) is 17.7 Å². The summed E-state index contributed by atoms with van der Waals surface area (Å²) in [5, 5.41) is 11.6. The highest BCUT2D eigenvalue weighted by Crippen LogP contribution is 2.20. The molecule has 1 fully saturated rings. The van der Waals surface area contributed by atoms with Crippen LogP contribution in [0, 0.1) is 11.3 Å². The number of benzene rings is 1. The average Bonchev–Trinajstić information content (AvgIpc) is 3.24. The lowest BCUT2D eigenvalue weighted by atomic mass is 10.2. The first-order valence-corrected chi connectivity index (χ1v) is 10.0. The Morgan fingerprint density at radius 1 is 1.31 bits per heavy atom. The minimum atomic E-state index is -3.06. The molecule has 1 saturated heterocycles. The van der Waals surface area contributed by atoms with Crippen molar-refractivity contribution in [3.63, 3.8) is 0 Å². The third-order valence-corrected chi connectivity index (χ3v) is 6.06. The Balaban J connectivity index is 1.67. The highest BCUT2D eigenvalue weighted by molar-refractivity contribution is 7.91. The van der Waals surface area contributed by atoms with Crippen LogP contribution >= 0.6 is 0 Å². The Hall–Kier alpha value is -2.63. The van der Waals surface area contributed by atoms with E-state index in [1.807, 2.05) is 11.0 Å². The molecular formula is C18H19N3O4S. The van der Waals surface area contributed by atoms with Gasteiger partial charge in [-0.2, -0.15) is 5.26 Å². The predicted octanol–water partition coefficient (Wildman–Crippen LogP) is 1.78. The number of hydrogen-bond acceptors (Lipinski definition) is 6. The minimum absolute atomic E-state index is 0.0534. The monoisotopic (exact) mass is 373 g/mol. The summed E-state index contributed by atoms with van der Waals surface area (Å²) in [6, 6.07) is 11.9. The van der Waals surface area contributed by atoms with Crippen molar-refractivity contribution in [1.82, 2.24) is 4.90 Å². The van der Waals surface area contributed by atoms with Gasteiger partial charge < -0.3 is 9.73 Å². The zero-order valence-corrected chi connectivity index (χ0v) is 14.9. The summed E-state index contributed by atoms with van der Waals surface area (Å²) >= 11 is 0. The van der Waals surface area contributed by atoms with E-state index < -0.39 is 9.84 Å². The van der Waals surface area contributed by atoms with E-state index in [9.17, 15) is 13.2 Å². The van der Waals surface area contributed by atoms with Gasteiger partial charge in [-0.1, -0.05) is 0 Å². The number of anilines is 1. The number of furan rings is 1. The number of amides is 1. The molecule has 1 aromatic heterocycles. The maximum atomic E-state index is 12.4. The number of nitriles is 1. The second-order valence-electron chi connectivity index (χ2n) is 6.28. The standard InChI is InChI=1S/C18H19N3O4S/c19-10-14-3-5-15(6-4-14)20-18(22)12-21(11-17-2-1-8-25-17)16-7-9-26(23,24)13-16/h1-6,8,16H,7,9,11-13H2,(H,20,22)/t16-/m0/s1. The van der Waals surface area contributed by atoms with Gasteiger partial charge in [-0.15, -0.1) is 0 Å². The van der Waals surface area contributed by atoms with Gasteiger partial charge in [0, 0.05) is 11.7 Å². The molecule has 2 heterocycles. The van der Waals surface area contributed by atoms with E-state index in [0.717, 1.165) is 0 Å². The molecule has 7 nitrogen and oxygen atoms in total. The fraction of sp³-hybridized carbons (Fsp3) is 0.333. The maximum absolute atomic E-state index is 12.4. The predicted molar refractivity (Wildman–Crippen MR) is 96.0 cm³/mol. The smallest absolute Gasteiger partial charge is 0.238 e. The van der Waals surface area contributed by atoms with Gasteiger partial charge >= 0.3 is 0 Å². The van der Waals surface area contributed by atoms with Crippen molar-refractivity contribution < 1.29 is 17.6 Å². The van der Waals surface area contributed by atoms with E-state index in [2.05, 4.69) is 5.32 Å². The Labute approximate surface area is 152 Å². The van der Waals surface area contributed by atoms with Crippen LogP contribution in [0.3, 0.4) is 0 Å². The van der Waals surface area contributed by atoms with Crippen molar-refractivity contribution in [2.75, 3.05) is 23.4 Å². The fourth-order valence-electron chi connectivity index (χ4n) is 2.99. The van der Waals surface area contributed by atoms with Gasteiger partial charge in [-0.25, -0.2) is 8.42 Å². The quantitative estimate of drug-likeness (QED) is 0.828.